The maximum absolute atomic E-state index is 12.8. The molecule has 0 bridgehead atoms. The number of nitrogens with zero attached hydrogens (tertiary/aromatic N) is 2. The number of likely N-dealkylation sites (tertiary alicyclic amines) is 1. The third-order valence-electron chi connectivity index (χ3n) is 5.01. The minimum absolute atomic E-state index is 0.144. The minimum Gasteiger partial charge on any atom is -0.396 e. The lowest BCUT2D eigenvalue weighted by atomic mass is 9.89. The molecule has 2 aliphatic rings. The van der Waals surface area contributed by atoms with Crippen molar-refractivity contribution in [2.75, 3.05) is 44.7 Å². The van der Waals surface area contributed by atoms with Crippen molar-refractivity contribution in [3.05, 3.63) is 29.3 Å². The van der Waals surface area contributed by atoms with E-state index >= 15 is 0 Å². The molecule has 2 heterocycles. The number of piperidine rings is 1. The van der Waals surface area contributed by atoms with Crippen molar-refractivity contribution in [3.8, 4) is 0 Å². The van der Waals surface area contributed by atoms with Crippen molar-refractivity contribution in [1.29, 1.82) is 0 Å². The van der Waals surface area contributed by atoms with Crippen LogP contribution in [0.4, 0.5) is 5.69 Å². The summed E-state index contributed by atoms with van der Waals surface area (Å²) in [5, 5.41) is 12.0. The third-order valence-corrected chi connectivity index (χ3v) is 5.01. The van der Waals surface area contributed by atoms with Crippen LogP contribution in [0.25, 0.3) is 0 Å². The summed E-state index contributed by atoms with van der Waals surface area (Å²) in [7, 11) is 2.16. The van der Waals surface area contributed by atoms with Crippen LogP contribution in [0.15, 0.2) is 18.2 Å². The molecular formula is C18H27N3O2. The van der Waals surface area contributed by atoms with E-state index in [0.29, 0.717) is 25.4 Å². The maximum Gasteiger partial charge on any atom is 0.241 e. The quantitative estimate of drug-likeness (QED) is 0.799. The summed E-state index contributed by atoms with van der Waals surface area (Å²) in [5.74, 6) is 0.565. The van der Waals surface area contributed by atoms with Gasteiger partial charge in [-0.15, -0.1) is 0 Å². The summed E-state index contributed by atoms with van der Waals surface area (Å²) in [6, 6.07) is 6.74. The number of aryl methyl sites for hydroxylation is 1. The predicted molar refractivity (Wildman–Crippen MR) is 91.9 cm³/mol. The molecule has 2 N–H and O–H groups in total. The fraction of sp³-hybridized carbons (Fsp3) is 0.611. The van der Waals surface area contributed by atoms with E-state index in [-0.39, 0.29) is 18.6 Å². The number of likely N-dealkylation sites (N-methyl/N-ethyl adjacent to an activating group) is 1. The normalized spacial score (nSPS) is 23.7. The molecule has 3 rings (SSSR count). The van der Waals surface area contributed by atoms with Gasteiger partial charge in [-0.25, -0.2) is 0 Å². The summed E-state index contributed by atoms with van der Waals surface area (Å²) >= 11 is 0. The monoisotopic (exact) mass is 317 g/mol. The van der Waals surface area contributed by atoms with Crippen molar-refractivity contribution in [2.45, 2.75) is 31.7 Å². The largest absolute Gasteiger partial charge is 0.396 e. The van der Waals surface area contributed by atoms with Gasteiger partial charge in [0.2, 0.25) is 5.91 Å². The van der Waals surface area contributed by atoms with Gasteiger partial charge in [-0.05, 0) is 51.5 Å². The van der Waals surface area contributed by atoms with Crippen LogP contribution in [0.1, 0.15) is 29.9 Å². The lowest BCUT2D eigenvalue weighted by molar-refractivity contribution is -0.118. The Hall–Kier alpha value is -1.43. The second kappa shape index (κ2) is 6.99. The van der Waals surface area contributed by atoms with Crippen molar-refractivity contribution in [1.82, 2.24) is 10.2 Å². The van der Waals surface area contributed by atoms with Gasteiger partial charge in [0, 0.05) is 30.8 Å². The molecule has 5 heteroatoms. The van der Waals surface area contributed by atoms with E-state index < -0.39 is 0 Å². The fourth-order valence-electron chi connectivity index (χ4n) is 3.89. The van der Waals surface area contributed by atoms with Crippen LogP contribution in [-0.2, 0) is 4.79 Å². The van der Waals surface area contributed by atoms with Crippen LogP contribution in [0.3, 0.4) is 0 Å². The molecule has 1 aromatic rings. The molecule has 0 aliphatic carbocycles. The van der Waals surface area contributed by atoms with Crippen LogP contribution in [0.2, 0.25) is 0 Å². The first-order valence-electron chi connectivity index (χ1n) is 8.54. The molecule has 1 aromatic carbocycles. The molecule has 5 nitrogen and oxygen atoms in total. The van der Waals surface area contributed by atoms with Crippen LogP contribution in [-0.4, -0.2) is 61.8 Å². The average Bonchev–Trinajstić information content (AvgIpc) is 2.84. The first-order chi connectivity index (χ1) is 11.1. The molecule has 2 atom stereocenters. The number of anilines is 1. The highest BCUT2D eigenvalue weighted by Gasteiger charge is 2.43. The molecule has 23 heavy (non-hydrogen) atoms. The smallest absolute Gasteiger partial charge is 0.241 e. The Morgan fingerprint density at radius 2 is 2.26 bits per heavy atom. The Morgan fingerprint density at radius 3 is 3.04 bits per heavy atom. The molecule has 0 saturated carbocycles. The van der Waals surface area contributed by atoms with Gasteiger partial charge in [0.1, 0.15) is 0 Å². The molecule has 2 aliphatic heterocycles. The van der Waals surface area contributed by atoms with Crippen LogP contribution >= 0.6 is 0 Å². The van der Waals surface area contributed by atoms with Crippen molar-refractivity contribution < 1.29 is 9.90 Å². The summed E-state index contributed by atoms with van der Waals surface area (Å²) in [6.07, 6.45) is 1.71. The van der Waals surface area contributed by atoms with Gasteiger partial charge in [0.05, 0.1) is 6.54 Å². The van der Waals surface area contributed by atoms with Gasteiger partial charge in [-0.2, -0.15) is 0 Å². The van der Waals surface area contributed by atoms with Crippen molar-refractivity contribution in [2.24, 2.45) is 0 Å². The first kappa shape index (κ1) is 16.4. The molecule has 2 unspecified atom stereocenters. The zero-order valence-electron chi connectivity index (χ0n) is 14.1. The van der Waals surface area contributed by atoms with E-state index in [1.165, 1.54) is 11.1 Å². The topological polar surface area (TPSA) is 55.8 Å². The highest BCUT2D eigenvalue weighted by atomic mass is 16.3. The number of benzene rings is 1. The molecular weight excluding hydrogens is 290 g/mol. The van der Waals surface area contributed by atoms with Crippen molar-refractivity contribution in [3.63, 3.8) is 0 Å². The molecule has 0 spiro atoms. The van der Waals surface area contributed by atoms with Gasteiger partial charge >= 0.3 is 0 Å². The van der Waals surface area contributed by atoms with Gasteiger partial charge in [-0.3, -0.25) is 4.79 Å². The van der Waals surface area contributed by atoms with Crippen molar-refractivity contribution >= 4 is 11.6 Å². The maximum atomic E-state index is 12.8. The summed E-state index contributed by atoms with van der Waals surface area (Å²) in [4.78, 5) is 17.2. The number of carbonyl (C=O) groups is 1. The molecule has 126 valence electrons. The number of hydrogen-bond acceptors (Lipinski definition) is 4. The number of aliphatic hydroxyl groups excluding tert-OH is 1. The van der Waals surface area contributed by atoms with Gasteiger partial charge in [0.25, 0.3) is 0 Å². The molecule has 0 radical (unpaired) electrons. The zero-order chi connectivity index (χ0) is 16.4. The second-order valence-electron chi connectivity index (χ2n) is 6.80. The molecule has 0 aromatic heterocycles. The van der Waals surface area contributed by atoms with E-state index in [1.807, 2.05) is 4.90 Å². The number of rotatable bonds is 5. The number of carbonyl (C=O) groups excluding carboxylic acids is 1. The Labute approximate surface area is 138 Å². The first-order valence-corrected chi connectivity index (χ1v) is 8.54. The zero-order valence-corrected chi connectivity index (χ0v) is 14.1. The summed E-state index contributed by atoms with van der Waals surface area (Å²) in [6.45, 7) is 5.34. The van der Waals surface area contributed by atoms with Gasteiger partial charge < -0.3 is 20.2 Å². The highest BCUT2D eigenvalue weighted by Crippen LogP contribution is 2.44. The second-order valence-corrected chi connectivity index (χ2v) is 6.80. The van der Waals surface area contributed by atoms with E-state index in [1.54, 1.807) is 0 Å². The third kappa shape index (κ3) is 3.27. The lowest BCUT2D eigenvalue weighted by Gasteiger charge is -2.36. The molecule has 1 fully saturated rings. The Bertz CT molecular complexity index is 575. The van der Waals surface area contributed by atoms with Gasteiger partial charge in [0.15, 0.2) is 0 Å². The summed E-state index contributed by atoms with van der Waals surface area (Å²) < 4.78 is 0. The van der Waals surface area contributed by atoms with Crippen LogP contribution in [0, 0.1) is 6.92 Å². The van der Waals surface area contributed by atoms with Crippen LogP contribution in [0.5, 0.6) is 0 Å². The van der Waals surface area contributed by atoms with E-state index in [4.69, 9.17) is 5.11 Å². The standard InChI is InChI=1S/C18H27N3O2/c1-13-4-5-16-14(10-13)15-12-20(2)8-6-17(15)21(16)18(23)11-19-7-3-9-22/h4-5,10,15,17,19,22H,3,6-9,11-12H2,1-2H3. The SMILES string of the molecule is Cc1ccc2c(c1)C1CN(C)CCC1N2C(=O)CNCCCO. The lowest BCUT2D eigenvalue weighted by Crippen LogP contribution is -2.49. The number of nitrogens with one attached hydrogen (secondary N) is 1. The summed E-state index contributed by atoms with van der Waals surface area (Å²) in [5.41, 5.74) is 3.67. The van der Waals surface area contributed by atoms with E-state index in [0.717, 1.165) is 25.2 Å². The molecule has 1 amide bonds. The Kier molecular flexibility index (Phi) is 4.99. The molecule has 1 saturated heterocycles. The van der Waals surface area contributed by atoms with E-state index in [2.05, 4.69) is 42.4 Å². The number of fused-ring (bicyclic) bond motifs is 3. The number of hydrogen-bond donors (Lipinski definition) is 2. The van der Waals surface area contributed by atoms with Gasteiger partial charge in [-0.1, -0.05) is 17.7 Å². The Balaban J connectivity index is 1.81. The Morgan fingerprint density at radius 1 is 1.43 bits per heavy atom. The highest BCUT2D eigenvalue weighted by molar-refractivity contribution is 5.98. The fourth-order valence-corrected chi connectivity index (χ4v) is 3.89. The average molecular weight is 317 g/mol. The predicted octanol–water partition coefficient (Wildman–Crippen LogP) is 1.10. The minimum atomic E-state index is 0.144. The van der Waals surface area contributed by atoms with E-state index in [9.17, 15) is 4.79 Å². The number of aliphatic hydroxyl groups is 1. The van der Waals surface area contributed by atoms with Crippen LogP contribution < -0.4 is 10.2 Å². The number of amides is 1.